The lowest BCUT2D eigenvalue weighted by molar-refractivity contribution is -0.117. The normalized spacial score (nSPS) is 13.0. The molecule has 0 fully saturated rings. The van der Waals surface area contributed by atoms with E-state index in [2.05, 4.69) is 36.3 Å². The largest absolute Gasteiger partial charge is 0.300 e. The zero-order valence-electron chi connectivity index (χ0n) is 12.9. The van der Waals surface area contributed by atoms with Gasteiger partial charge in [0.25, 0.3) is 0 Å². The predicted octanol–water partition coefficient (Wildman–Crippen LogP) is 3.97. The molecule has 1 heterocycles. The van der Waals surface area contributed by atoms with Gasteiger partial charge in [-0.15, -0.1) is 10.2 Å². The van der Waals surface area contributed by atoms with Crippen LogP contribution in [0, 0.1) is 0 Å². The summed E-state index contributed by atoms with van der Waals surface area (Å²) in [7, 11) is 0. The molecule has 1 atom stereocenters. The summed E-state index contributed by atoms with van der Waals surface area (Å²) in [5, 5.41) is 12.6. The summed E-state index contributed by atoms with van der Waals surface area (Å²) in [5.74, 6) is -0.187. The minimum Gasteiger partial charge on any atom is -0.300 e. The Morgan fingerprint density at radius 2 is 1.90 bits per heavy atom. The Morgan fingerprint density at radius 1 is 1.24 bits per heavy atom. The van der Waals surface area contributed by atoms with Crippen molar-refractivity contribution in [3.8, 4) is 0 Å². The lowest BCUT2D eigenvalue weighted by Crippen LogP contribution is -2.20. The molecule has 1 N–H and O–H groups in total. The Labute approximate surface area is 129 Å². The Bertz CT molecular complexity index is 601. The van der Waals surface area contributed by atoms with E-state index in [4.69, 9.17) is 0 Å². The minimum absolute atomic E-state index is 0.0275. The Morgan fingerprint density at radius 3 is 2.43 bits per heavy atom. The van der Waals surface area contributed by atoms with Gasteiger partial charge < -0.3 is 0 Å². The van der Waals surface area contributed by atoms with Crippen LogP contribution in [0.15, 0.2) is 30.3 Å². The molecule has 0 unspecified atom stereocenters. The number of carbonyl (C=O) groups excluding carboxylic acids is 1. The van der Waals surface area contributed by atoms with Gasteiger partial charge >= 0.3 is 0 Å². The molecule has 0 spiro atoms. The average Bonchev–Trinajstić information content (AvgIpc) is 2.89. The van der Waals surface area contributed by atoms with Crippen molar-refractivity contribution in [2.45, 2.75) is 45.4 Å². The third-order valence-electron chi connectivity index (χ3n) is 3.22. The number of hydrogen-bond donors (Lipinski definition) is 1. The summed E-state index contributed by atoms with van der Waals surface area (Å²) in [6.45, 7) is 8.26. The highest BCUT2D eigenvalue weighted by Crippen LogP contribution is 2.29. The van der Waals surface area contributed by atoms with Gasteiger partial charge in [0.1, 0.15) is 5.01 Å². The van der Waals surface area contributed by atoms with E-state index in [-0.39, 0.29) is 17.2 Å². The van der Waals surface area contributed by atoms with Crippen molar-refractivity contribution >= 4 is 22.4 Å². The van der Waals surface area contributed by atoms with Gasteiger partial charge in [-0.1, -0.05) is 69.4 Å². The highest BCUT2D eigenvalue weighted by Gasteiger charge is 2.23. The second-order valence-electron chi connectivity index (χ2n) is 6.02. The molecule has 0 bridgehead atoms. The summed E-state index contributed by atoms with van der Waals surface area (Å²) < 4.78 is 0. The zero-order valence-corrected chi connectivity index (χ0v) is 13.7. The van der Waals surface area contributed by atoms with Crippen LogP contribution in [0.5, 0.6) is 0 Å². The van der Waals surface area contributed by atoms with E-state index in [9.17, 15) is 4.79 Å². The maximum atomic E-state index is 12.4. The van der Waals surface area contributed by atoms with Crippen LogP contribution in [-0.2, 0) is 10.2 Å². The van der Waals surface area contributed by atoms with Gasteiger partial charge in [-0.2, -0.15) is 0 Å². The number of nitrogens with one attached hydrogen (secondary N) is 1. The fourth-order valence-electron chi connectivity index (χ4n) is 2.03. The average molecular weight is 303 g/mol. The summed E-state index contributed by atoms with van der Waals surface area (Å²) >= 11 is 1.44. The molecule has 1 aromatic carbocycles. The highest BCUT2D eigenvalue weighted by atomic mass is 32.1. The van der Waals surface area contributed by atoms with Gasteiger partial charge in [-0.25, -0.2) is 0 Å². The number of hydrogen-bond acceptors (Lipinski definition) is 4. The van der Waals surface area contributed by atoms with E-state index in [0.29, 0.717) is 5.13 Å². The van der Waals surface area contributed by atoms with Gasteiger partial charge in [-0.05, 0) is 12.0 Å². The lowest BCUT2D eigenvalue weighted by atomic mass is 9.96. The monoisotopic (exact) mass is 303 g/mol. The van der Waals surface area contributed by atoms with E-state index in [1.54, 1.807) is 0 Å². The van der Waals surface area contributed by atoms with Crippen LogP contribution in [0.2, 0.25) is 0 Å². The molecule has 1 amide bonds. The van der Waals surface area contributed by atoms with Gasteiger partial charge in [0.15, 0.2) is 0 Å². The first-order chi connectivity index (χ1) is 9.91. The van der Waals surface area contributed by atoms with Crippen molar-refractivity contribution in [1.82, 2.24) is 10.2 Å². The van der Waals surface area contributed by atoms with Gasteiger partial charge in [0, 0.05) is 5.41 Å². The minimum atomic E-state index is -0.159. The smallest absolute Gasteiger partial charge is 0.233 e. The van der Waals surface area contributed by atoms with Crippen molar-refractivity contribution in [2.75, 3.05) is 5.32 Å². The molecular formula is C16H21N3OS. The molecule has 4 nitrogen and oxygen atoms in total. The number of nitrogens with zero attached hydrogens (tertiary/aromatic N) is 2. The third kappa shape index (κ3) is 3.88. The van der Waals surface area contributed by atoms with E-state index >= 15 is 0 Å². The summed E-state index contributed by atoms with van der Waals surface area (Å²) in [5.41, 5.74) is 0.975. The first-order valence-electron chi connectivity index (χ1n) is 7.11. The van der Waals surface area contributed by atoms with Crippen molar-refractivity contribution in [1.29, 1.82) is 0 Å². The van der Waals surface area contributed by atoms with Crippen LogP contribution >= 0.6 is 11.3 Å². The molecule has 1 aromatic heterocycles. The number of aromatic nitrogens is 2. The van der Waals surface area contributed by atoms with Gasteiger partial charge in [-0.3, -0.25) is 10.1 Å². The molecule has 0 saturated heterocycles. The zero-order chi connectivity index (χ0) is 15.5. The molecule has 5 heteroatoms. The van der Waals surface area contributed by atoms with Crippen molar-refractivity contribution in [2.24, 2.45) is 0 Å². The van der Waals surface area contributed by atoms with Gasteiger partial charge in [0.05, 0.1) is 5.92 Å². The third-order valence-corrected chi connectivity index (χ3v) is 4.49. The number of anilines is 1. The first-order valence-corrected chi connectivity index (χ1v) is 7.93. The van der Waals surface area contributed by atoms with E-state index in [0.717, 1.165) is 17.0 Å². The molecule has 0 saturated carbocycles. The number of rotatable bonds is 4. The highest BCUT2D eigenvalue weighted by molar-refractivity contribution is 7.15. The van der Waals surface area contributed by atoms with Crippen LogP contribution in [0.4, 0.5) is 5.13 Å². The fourth-order valence-corrected chi connectivity index (χ4v) is 2.83. The topological polar surface area (TPSA) is 54.9 Å². The quantitative estimate of drug-likeness (QED) is 0.930. The summed E-state index contributed by atoms with van der Waals surface area (Å²) in [4.78, 5) is 12.4. The lowest BCUT2D eigenvalue weighted by Gasteiger charge is -2.14. The Kier molecular flexibility index (Phi) is 4.73. The molecule has 112 valence electrons. The van der Waals surface area contributed by atoms with Crippen molar-refractivity contribution in [3.05, 3.63) is 40.9 Å². The Hall–Kier alpha value is -1.75. The van der Waals surface area contributed by atoms with Crippen molar-refractivity contribution < 1.29 is 4.79 Å². The van der Waals surface area contributed by atoms with E-state index < -0.39 is 0 Å². The molecule has 0 aliphatic rings. The van der Waals surface area contributed by atoms with Crippen LogP contribution in [0.25, 0.3) is 0 Å². The van der Waals surface area contributed by atoms with Gasteiger partial charge in [0.2, 0.25) is 11.0 Å². The maximum absolute atomic E-state index is 12.4. The van der Waals surface area contributed by atoms with Crippen LogP contribution in [0.1, 0.15) is 50.6 Å². The van der Waals surface area contributed by atoms with Crippen LogP contribution in [0.3, 0.4) is 0 Å². The molecule has 0 radical (unpaired) electrons. The summed E-state index contributed by atoms with van der Waals surface area (Å²) in [6, 6.07) is 9.82. The maximum Gasteiger partial charge on any atom is 0.233 e. The number of benzene rings is 1. The van der Waals surface area contributed by atoms with Crippen molar-refractivity contribution in [3.63, 3.8) is 0 Å². The standard InChI is InChI=1S/C16H21N3OS/c1-5-12(11-9-7-6-8-10-11)13(20)17-15-19-18-14(21-15)16(2,3)4/h6-10,12H,5H2,1-4H3,(H,17,19,20)/t12-/m0/s1. The van der Waals surface area contributed by atoms with E-state index in [1.165, 1.54) is 11.3 Å². The predicted molar refractivity (Wildman–Crippen MR) is 86.7 cm³/mol. The Balaban J connectivity index is 2.11. The molecule has 21 heavy (non-hydrogen) atoms. The van der Waals surface area contributed by atoms with Crippen LogP contribution < -0.4 is 5.32 Å². The summed E-state index contributed by atoms with van der Waals surface area (Å²) in [6.07, 6.45) is 0.751. The number of amides is 1. The molecular weight excluding hydrogens is 282 g/mol. The molecule has 2 rings (SSSR count). The fraction of sp³-hybridized carbons (Fsp3) is 0.438. The van der Waals surface area contributed by atoms with E-state index in [1.807, 2.05) is 37.3 Å². The SMILES string of the molecule is CC[C@H](C(=O)Nc1nnc(C(C)(C)C)s1)c1ccccc1. The second kappa shape index (κ2) is 6.35. The molecule has 2 aromatic rings. The molecule has 0 aliphatic heterocycles. The molecule has 0 aliphatic carbocycles. The first kappa shape index (κ1) is 15.6. The van der Waals surface area contributed by atoms with Crippen LogP contribution in [-0.4, -0.2) is 16.1 Å². The second-order valence-corrected chi connectivity index (χ2v) is 7.00. The number of carbonyl (C=O) groups is 1.